The summed E-state index contributed by atoms with van der Waals surface area (Å²) in [6.45, 7) is 3.15. The molecule has 0 spiro atoms. The number of carbonyl (C=O) groups is 1. The molecule has 1 atom stereocenters. The SMILES string of the molecule is CC(NC(=O)NCC1CCCCC1)C12CC3CC(CC(C3)C1)C2. The summed E-state index contributed by atoms with van der Waals surface area (Å²) in [4.78, 5) is 12.4. The van der Waals surface area contributed by atoms with Gasteiger partial charge in [0.25, 0.3) is 0 Å². The van der Waals surface area contributed by atoms with Crippen molar-refractivity contribution in [2.24, 2.45) is 29.1 Å². The zero-order valence-corrected chi connectivity index (χ0v) is 14.8. The van der Waals surface area contributed by atoms with Crippen molar-refractivity contribution >= 4 is 6.03 Å². The third kappa shape index (κ3) is 3.25. The molecule has 0 aromatic rings. The van der Waals surface area contributed by atoms with Gasteiger partial charge in [0.2, 0.25) is 0 Å². The first-order valence-electron chi connectivity index (χ1n) is 10.2. The van der Waals surface area contributed by atoms with Crippen molar-refractivity contribution in [1.82, 2.24) is 10.6 Å². The highest BCUT2D eigenvalue weighted by Gasteiger charge is 2.53. The largest absolute Gasteiger partial charge is 0.338 e. The predicted octanol–water partition coefficient (Wildman–Crippen LogP) is 4.47. The van der Waals surface area contributed by atoms with E-state index < -0.39 is 0 Å². The molecule has 5 rings (SSSR count). The summed E-state index contributed by atoms with van der Waals surface area (Å²) in [6, 6.07) is 0.418. The lowest BCUT2D eigenvalue weighted by Gasteiger charge is -2.59. The number of carbonyl (C=O) groups excluding carboxylic acids is 1. The minimum Gasteiger partial charge on any atom is -0.338 e. The van der Waals surface area contributed by atoms with E-state index in [-0.39, 0.29) is 6.03 Å². The van der Waals surface area contributed by atoms with Crippen LogP contribution in [0.15, 0.2) is 0 Å². The molecule has 1 unspecified atom stereocenters. The summed E-state index contributed by atoms with van der Waals surface area (Å²) >= 11 is 0. The maximum absolute atomic E-state index is 12.4. The summed E-state index contributed by atoms with van der Waals surface area (Å²) in [6.07, 6.45) is 15.2. The lowest BCUT2D eigenvalue weighted by Crippen LogP contribution is -2.57. The van der Waals surface area contributed by atoms with Crippen molar-refractivity contribution in [2.45, 2.75) is 83.6 Å². The summed E-state index contributed by atoms with van der Waals surface area (Å²) in [5, 5.41) is 6.49. The van der Waals surface area contributed by atoms with Gasteiger partial charge in [-0.3, -0.25) is 0 Å². The Morgan fingerprint density at radius 2 is 1.57 bits per heavy atom. The highest BCUT2D eigenvalue weighted by Crippen LogP contribution is 2.61. The van der Waals surface area contributed by atoms with Gasteiger partial charge in [0.15, 0.2) is 0 Å². The smallest absolute Gasteiger partial charge is 0.315 e. The lowest BCUT2D eigenvalue weighted by atomic mass is 9.48. The molecule has 130 valence electrons. The van der Waals surface area contributed by atoms with Crippen LogP contribution in [0.2, 0.25) is 0 Å². The minimum atomic E-state index is 0.0822. The van der Waals surface area contributed by atoms with Crippen LogP contribution < -0.4 is 10.6 Å². The van der Waals surface area contributed by atoms with Crippen LogP contribution in [0.5, 0.6) is 0 Å². The van der Waals surface area contributed by atoms with Gasteiger partial charge < -0.3 is 10.6 Å². The van der Waals surface area contributed by atoms with Gasteiger partial charge in [0.1, 0.15) is 0 Å². The number of nitrogens with one attached hydrogen (secondary N) is 2. The highest BCUT2D eigenvalue weighted by atomic mass is 16.2. The second-order valence-corrected chi connectivity index (χ2v) is 9.36. The van der Waals surface area contributed by atoms with Crippen LogP contribution in [-0.4, -0.2) is 18.6 Å². The molecule has 23 heavy (non-hydrogen) atoms. The summed E-state index contributed by atoms with van der Waals surface area (Å²) in [5.41, 5.74) is 0.414. The summed E-state index contributed by atoms with van der Waals surface area (Å²) in [7, 11) is 0. The fourth-order valence-electron chi connectivity index (χ4n) is 6.74. The van der Waals surface area contributed by atoms with Crippen molar-refractivity contribution in [3.8, 4) is 0 Å². The van der Waals surface area contributed by atoms with Crippen molar-refractivity contribution in [1.29, 1.82) is 0 Å². The monoisotopic (exact) mass is 318 g/mol. The van der Waals surface area contributed by atoms with Crippen molar-refractivity contribution in [3.05, 3.63) is 0 Å². The van der Waals surface area contributed by atoms with E-state index in [9.17, 15) is 4.79 Å². The molecule has 0 saturated heterocycles. The van der Waals surface area contributed by atoms with Crippen LogP contribution in [0.3, 0.4) is 0 Å². The first-order chi connectivity index (χ1) is 11.1. The second kappa shape index (κ2) is 6.29. The highest BCUT2D eigenvalue weighted by molar-refractivity contribution is 5.74. The third-order valence-electron chi connectivity index (χ3n) is 7.63. The zero-order valence-electron chi connectivity index (χ0n) is 14.8. The van der Waals surface area contributed by atoms with Gasteiger partial charge in [-0.15, -0.1) is 0 Å². The number of hydrogen-bond donors (Lipinski definition) is 2. The molecular formula is C20H34N2O. The summed E-state index contributed by atoms with van der Waals surface area (Å²) in [5.74, 6) is 3.58. The van der Waals surface area contributed by atoms with Crippen LogP contribution in [0, 0.1) is 29.1 Å². The van der Waals surface area contributed by atoms with E-state index in [4.69, 9.17) is 0 Å². The van der Waals surface area contributed by atoms with Crippen molar-refractivity contribution in [2.75, 3.05) is 6.54 Å². The van der Waals surface area contributed by atoms with Crippen LogP contribution in [0.4, 0.5) is 4.79 Å². The van der Waals surface area contributed by atoms with E-state index in [1.165, 1.54) is 70.6 Å². The fraction of sp³-hybridized carbons (Fsp3) is 0.950. The summed E-state index contributed by atoms with van der Waals surface area (Å²) < 4.78 is 0. The molecule has 0 radical (unpaired) electrons. The standard InChI is InChI=1S/C20H34N2O/c1-14(22-19(23)21-13-15-5-3-2-4-6-15)20-10-16-7-17(11-20)9-18(8-16)12-20/h14-18H,2-13H2,1H3,(H2,21,22,23). The van der Waals surface area contributed by atoms with Crippen molar-refractivity contribution in [3.63, 3.8) is 0 Å². The maximum atomic E-state index is 12.4. The Morgan fingerprint density at radius 3 is 2.13 bits per heavy atom. The Balaban J connectivity index is 1.29. The van der Waals surface area contributed by atoms with Crippen molar-refractivity contribution < 1.29 is 4.79 Å². The Labute approximate surface area is 141 Å². The Morgan fingerprint density at radius 1 is 1.00 bits per heavy atom. The maximum Gasteiger partial charge on any atom is 0.315 e. The molecule has 0 aromatic carbocycles. The molecule has 4 bridgehead atoms. The molecule has 2 amide bonds. The molecule has 2 N–H and O–H groups in total. The van der Waals surface area contributed by atoms with E-state index in [1.807, 2.05) is 0 Å². The van der Waals surface area contributed by atoms with Crippen LogP contribution in [0.1, 0.15) is 77.6 Å². The molecule has 0 aliphatic heterocycles. The van der Waals surface area contributed by atoms with E-state index in [1.54, 1.807) is 0 Å². The first kappa shape index (κ1) is 15.8. The normalized spacial score (nSPS) is 40.8. The third-order valence-corrected chi connectivity index (χ3v) is 7.63. The molecule has 5 fully saturated rings. The molecule has 3 heteroatoms. The Kier molecular flexibility index (Phi) is 4.32. The van der Waals surface area contributed by atoms with E-state index in [2.05, 4.69) is 17.6 Å². The van der Waals surface area contributed by atoms with Gasteiger partial charge in [0, 0.05) is 12.6 Å². The van der Waals surface area contributed by atoms with Gasteiger partial charge in [-0.05, 0) is 87.4 Å². The van der Waals surface area contributed by atoms with Crippen LogP contribution >= 0.6 is 0 Å². The lowest BCUT2D eigenvalue weighted by molar-refractivity contribution is -0.0682. The minimum absolute atomic E-state index is 0.0822. The van der Waals surface area contributed by atoms with Gasteiger partial charge >= 0.3 is 6.03 Å². The Bertz CT molecular complexity index is 406. The molecule has 0 aromatic heterocycles. The Hall–Kier alpha value is -0.730. The molecular weight excluding hydrogens is 284 g/mol. The zero-order chi connectivity index (χ0) is 15.9. The number of amides is 2. The number of urea groups is 1. The molecule has 5 saturated carbocycles. The van der Waals surface area contributed by atoms with Crippen LogP contribution in [-0.2, 0) is 0 Å². The van der Waals surface area contributed by atoms with Crippen LogP contribution in [0.25, 0.3) is 0 Å². The van der Waals surface area contributed by atoms with Gasteiger partial charge in [-0.1, -0.05) is 19.3 Å². The average Bonchev–Trinajstić information content (AvgIpc) is 2.52. The predicted molar refractivity (Wildman–Crippen MR) is 93.2 cm³/mol. The molecule has 5 aliphatic carbocycles. The van der Waals surface area contributed by atoms with Gasteiger partial charge in [-0.25, -0.2) is 4.79 Å². The number of rotatable bonds is 4. The average molecular weight is 319 g/mol. The molecule has 3 nitrogen and oxygen atoms in total. The molecule has 5 aliphatic rings. The van der Waals surface area contributed by atoms with Gasteiger partial charge in [-0.2, -0.15) is 0 Å². The quantitative estimate of drug-likeness (QED) is 0.789. The first-order valence-corrected chi connectivity index (χ1v) is 10.2. The topological polar surface area (TPSA) is 41.1 Å². The second-order valence-electron chi connectivity index (χ2n) is 9.36. The van der Waals surface area contributed by atoms with E-state index >= 15 is 0 Å². The fourth-order valence-corrected chi connectivity index (χ4v) is 6.74. The van der Waals surface area contributed by atoms with Gasteiger partial charge in [0.05, 0.1) is 0 Å². The number of hydrogen-bond acceptors (Lipinski definition) is 1. The van der Waals surface area contributed by atoms with E-state index in [0.29, 0.717) is 17.4 Å². The molecule has 0 heterocycles. The van der Waals surface area contributed by atoms with E-state index in [0.717, 1.165) is 24.3 Å².